The molecule has 0 amide bonds. The zero-order valence-corrected chi connectivity index (χ0v) is 10.0. The molecule has 2 atom stereocenters. The summed E-state index contributed by atoms with van der Waals surface area (Å²) in [6.07, 6.45) is -0.405. The van der Waals surface area contributed by atoms with Crippen molar-refractivity contribution in [3.05, 3.63) is 35.4 Å². The van der Waals surface area contributed by atoms with Crippen LogP contribution < -0.4 is 5.73 Å². The van der Waals surface area contributed by atoms with Gasteiger partial charge in [-0.25, -0.2) is 8.78 Å². The second-order valence-electron chi connectivity index (χ2n) is 4.37. The molecular weight excluding hydrogens is 226 g/mol. The number of nitrogens with two attached hydrogens (primary N) is 1. The first-order valence-electron chi connectivity index (χ1n) is 5.45. The highest BCUT2D eigenvalue weighted by molar-refractivity contribution is 5.21. The van der Waals surface area contributed by atoms with Crippen LogP contribution in [0.25, 0.3) is 0 Å². The second kappa shape index (κ2) is 6.05. The van der Waals surface area contributed by atoms with Crippen molar-refractivity contribution >= 4 is 0 Å². The third kappa shape index (κ3) is 4.03. The maximum atomic E-state index is 13.0. The van der Waals surface area contributed by atoms with Crippen LogP contribution in [0.15, 0.2) is 18.2 Å². The molecule has 0 saturated carbocycles. The Hall–Kier alpha value is -1.04. The van der Waals surface area contributed by atoms with Crippen LogP contribution in [0.1, 0.15) is 18.1 Å². The van der Waals surface area contributed by atoms with Crippen molar-refractivity contribution in [2.75, 3.05) is 20.6 Å². The molecule has 1 rings (SSSR count). The summed E-state index contributed by atoms with van der Waals surface area (Å²) in [5.74, 6) is -1.90. The Morgan fingerprint density at radius 3 is 2.47 bits per heavy atom. The lowest BCUT2D eigenvalue weighted by atomic mass is 10.00. The number of benzene rings is 1. The van der Waals surface area contributed by atoms with Gasteiger partial charge in [0.05, 0.1) is 6.10 Å². The number of halogens is 2. The summed E-state index contributed by atoms with van der Waals surface area (Å²) in [4.78, 5) is 1.94. The smallest absolute Gasteiger partial charge is 0.159 e. The quantitative estimate of drug-likeness (QED) is 0.820. The van der Waals surface area contributed by atoms with Crippen molar-refractivity contribution < 1.29 is 13.9 Å². The Balaban J connectivity index is 2.67. The van der Waals surface area contributed by atoms with Gasteiger partial charge in [0.15, 0.2) is 11.6 Å². The number of aliphatic hydroxyl groups is 1. The van der Waals surface area contributed by atoms with Gasteiger partial charge in [-0.3, -0.25) is 0 Å². The van der Waals surface area contributed by atoms with E-state index < -0.39 is 23.8 Å². The van der Waals surface area contributed by atoms with Crippen LogP contribution in [0.4, 0.5) is 8.78 Å². The third-order valence-corrected chi connectivity index (χ3v) is 2.60. The molecule has 3 N–H and O–H groups in total. The van der Waals surface area contributed by atoms with Crippen molar-refractivity contribution in [2.24, 2.45) is 5.73 Å². The minimum atomic E-state index is -0.981. The monoisotopic (exact) mass is 244 g/mol. The van der Waals surface area contributed by atoms with Crippen LogP contribution in [0.2, 0.25) is 0 Å². The molecule has 1 aromatic rings. The molecule has 0 aliphatic heterocycles. The lowest BCUT2D eigenvalue weighted by Gasteiger charge is -2.21. The van der Waals surface area contributed by atoms with Crippen molar-refractivity contribution in [3.63, 3.8) is 0 Å². The van der Waals surface area contributed by atoms with Crippen LogP contribution in [-0.4, -0.2) is 36.7 Å². The maximum Gasteiger partial charge on any atom is 0.159 e. The minimum Gasteiger partial charge on any atom is -0.387 e. The maximum absolute atomic E-state index is 13.0. The molecule has 96 valence electrons. The van der Waals surface area contributed by atoms with Gasteiger partial charge in [-0.1, -0.05) is 6.07 Å². The average molecular weight is 244 g/mol. The fraction of sp³-hybridized carbons (Fsp3) is 0.500. The molecular formula is C12H18F2N2O. The molecule has 0 aliphatic rings. The minimum absolute atomic E-state index is 0.301. The Morgan fingerprint density at radius 2 is 1.94 bits per heavy atom. The predicted molar refractivity (Wildman–Crippen MR) is 62.5 cm³/mol. The molecule has 0 heterocycles. The molecule has 1 aromatic carbocycles. The fourth-order valence-electron chi connectivity index (χ4n) is 1.51. The zero-order chi connectivity index (χ0) is 13.0. The molecule has 0 aliphatic carbocycles. The van der Waals surface area contributed by atoms with Crippen molar-refractivity contribution in [2.45, 2.75) is 18.6 Å². The normalized spacial score (nSPS) is 15.0. The van der Waals surface area contributed by atoms with Gasteiger partial charge in [0.2, 0.25) is 0 Å². The van der Waals surface area contributed by atoms with Gasteiger partial charge in [0.25, 0.3) is 0 Å². The van der Waals surface area contributed by atoms with Crippen LogP contribution in [-0.2, 0) is 0 Å². The fourth-order valence-corrected chi connectivity index (χ4v) is 1.51. The summed E-state index contributed by atoms with van der Waals surface area (Å²) in [6.45, 7) is 0.724. The van der Waals surface area contributed by atoms with E-state index in [1.807, 2.05) is 19.0 Å². The van der Waals surface area contributed by atoms with E-state index in [-0.39, 0.29) is 0 Å². The van der Waals surface area contributed by atoms with Gasteiger partial charge >= 0.3 is 0 Å². The van der Waals surface area contributed by atoms with Gasteiger partial charge < -0.3 is 15.7 Å². The van der Waals surface area contributed by atoms with Crippen LogP contribution in [0.5, 0.6) is 0 Å². The standard InChI is InChI=1S/C12H18F2N2O/c1-16(2)6-5-11(15)12(17)8-3-4-9(13)10(14)7-8/h3-4,7,11-12,17H,5-6,15H2,1-2H3. The lowest BCUT2D eigenvalue weighted by Crippen LogP contribution is -2.32. The van der Waals surface area contributed by atoms with E-state index in [1.54, 1.807) is 0 Å². The molecule has 0 fully saturated rings. The first-order chi connectivity index (χ1) is 7.91. The van der Waals surface area contributed by atoms with Gasteiger partial charge in [-0.05, 0) is 44.8 Å². The first-order valence-corrected chi connectivity index (χ1v) is 5.45. The van der Waals surface area contributed by atoms with Crippen LogP contribution >= 0.6 is 0 Å². The Labute approximate surface area is 99.8 Å². The molecule has 0 saturated heterocycles. The summed E-state index contributed by atoms with van der Waals surface area (Å²) in [6, 6.07) is 2.82. The number of nitrogens with zero attached hydrogens (tertiary/aromatic N) is 1. The Morgan fingerprint density at radius 1 is 1.29 bits per heavy atom. The van der Waals surface area contributed by atoms with E-state index in [4.69, 9.17) is 5.73 Å². The SMILES string of the molecule is CN(C)CCC(N)C(O)c1ccc(F)c(F)c1. The summed E-state index contributed by atoms with van der Waals surface area (Å²) >= 11 is 0. The van der Waals surface area contributed by atoms with Gasteiger partial charge in [-0.2, -0.15) is 0 Å². The van der Waals surface area contributed by atoms with Crippen molar-refractivity contribution in [1.82, 2.24) is 4.90 Å². The van der Waals surface area contributed by atoms with Gasteiger partial charge in [0, 0.05) is 6.04 Å². The van der Waals surface area contributed by atoms with Crippen molar-refractivity contribution in [3.8, 4) is 0 Å². The highest BCUT2D eigenvalue weighted by Crippen LogP contribution is 2.19. The summed E-state index contributed by atoms with van der Waals surface area (Å²) < 4.78 is 25.7. The first kappa shape index (κ1) is 14.0. The highest BCUT2D eigenvalue weighted by atomic mass is 19.2. The molecule has 2 unspecified atom stereocenters. The molecule has 0 radical (unpaired) electrons. The molecule has 3 nitrogen and oxygen atoms in total. The number of hydrogen-bond donors (Lipinski definition) is 2. The highest BCUT2D eigenvalue weighted by Gasteiger charge is 2.18. The summed E-state index contributed by atoms with van der Waals surface area (Å²) in [7, 11) is 3.80. The lowest BCUT2D eigenvalue weighted by molar-refractivity contribution is 0.137. The van der Waals surface area contributed by atoms with E-state index >= 15 is 0 Å². The molecule has 0 spiro atoms. The van der Waals surface area contributed by atoms with Crippen LogP contribution in [0, 0.1) is 11.6 Å². The topological polar surface area (TPSA) is 49.5 Å². The van der Waals surface area contributed by atoms with Gasteiger partial charge in [-0.15, -0.1) is 0 Å². The summed E-state index contributed by atoms with van der Waals surface area (Å²) in [5.41, 5.74) is 6.09. The Kier molecular flexibility index (Phi) is 4.99. The largest absolute Gasteiger partial charge is 0.387 e. The van der Waals surface area contributed by atoms with E-state index in [1.165, 1.54) is 6.07 Å². The summed E-state index contributed by atoms with van der Waals surface area (Å²) in [5, 5.41) is 9.88. The van der Waals surface area contributed by atoms with E-state index in [0.29, 0.717) is 12.0 Å². The Bertz CT molecular complexity index is 372. The van der Waals surface area contributed by atoms with Crippen molar-refractivity contribution in [1.29, 1.82) is 0 Å². The molecule has 5 heteroatoms. The number of rotatable bonds is 5. The number of aliphatic hydroxyl groups excluding tert-OH is 1. The predicted octanol–water partition coefficient (Wildman–Crippen LogP) is 1.28. The molecule has 0 bridgehead atoms. The molecule has 17 heavy (non-hydrogen) atoms. The van der Waals surface area contributed by atoms with E-state index in [2.05, 4.69) is 0 Å². The second-order valence-corrected chi connectivity index (χ2v) is 4.37. The van der Waals surface area contributed by atoms with E-state index in [0.717, 1.165) is 18.7 Å². The molecule has 0 aromatic heterocycles. The van der Waals surface area contributed by atoms with E-state index in [9.17, 15) is 13.9 Å². The van der Waals surface area contributed by atoms with Gasteiger partial charge in [0.1, 0.15) is 0 Å². The zero-order valence-electron chi connectivity index (χ0n) is 10.0. The average Bonchev–Trinajstić information content (AvgIpc) is 2.28. The third-order valence-electron chi connectivity index (χ3n) is 2.60. The number of hydrogen-bond acceptors (Lipinski definition) is 3. The van der Waals surface area contributed by atoms with Crippen LogP contribution in [0.3, 0.4) is 0 Å².